The van der Waals surface area contributed by atoms with Gasteiger partial charge in [0.15, 0.2) is 5.96 Å². The molecule has 0 aromatic carbocycles. The van der Waals surface area contributed by atoms with E-state index < -0.39 is 0 Å². The minimum Gasteiger partial charge on any atom is -0.379 e. The average Bonchev–Trinajstić information content (AvgIpc) is 3.04. The summed E-state index contributed by atoms with van der Waals surface area (Å²) in [5.41, 5.74) is 0. The summed E-state index contributed by atoms with van der Waals surface area (Å²) in [5, 5.41) is 6.73. The molecule has 6 nitrogen and oxygen atoms in total. The van der Waals surface area contributed by atoms with Gasteiger partial charge in [-0.1, -0.05) is 0 Å². The van der Waals surface area contributed by atoms with Crippen LogP contribution in [0.1, 0.15) is 47.0 Å². The molecule has 0 spiro atoms. The van der Waals surface area contributed by atoms with E-state index in [2.05, 4.69) is 48.2 Å². The normalized spacial score (nSPS) is 18.8. The molecule has 1 aliphatic rings. The van der Waals surface area contributed by atoms with E-state index in [1.807, 2.05) is 7.05 Å². The summed E-state index contributed by atoms with van der Waals surface area (Å²) < 4.78 is 11.1. The molecule has 1 heterocycles. The second-order valence-electron chi connectivity index (χ2n) is 6.91. The van der Waals surface area contributed by atoms with Crippen molar-refractivity contribution in [2.45, 2.75) is 65.1 Å². The molecule has 0 aromatic rings. The first-order valence-electron chi connectivity index (χ1n) is 9.44. The zero-order valence-electron chi connectivity index (χ0n) is 16.3. The Labute approximate surface area is 148 Å². The zero-order chi connectivity index (χ0) is 17.8. The first-order chi connectivity index (χ1) is 11.5. The highest BCUT2D eigenvalue weighted by atomic mass is 16.5. The Hall–Kier alpha value is -0.850. The maximum absolute atomic E-state index is 5.76. The molecule has 1 unspecified atom stereocenters. The number of guanidine groups is 1. The van der Waals surface area contributed by atoms with Crippen LogP contribution in [0.2, 0.25) is 0 Å². The quantitative estimate of drug-likeness (QED) is 0.341. The molecule has 1 atom stereocenters. The average molecular weight is 343 g/mol. The molecular weight excluding hydrogens is 304 g/mol. The van der Waals surface area contributed by atoms with Gasteiger partial charge in [-0.2, -0.15) is 0 Å². The Morgan fingerprint density at radius 1 is 1.17 bits per heavy atom. The van der Waals surface area contributed by atoms with Crippen molar-refractivity contribution in [1.29, 1.82) is 0 Å². The van der Waals surface area contributed by atoms with Crippen LogP contribution < -0.4 is 10.6 Å². The largest absolute Gasteiger partial charge is 0.379 e. The van der Waals surface area contributed by atoms with E-state index >= 15 is 0 Å². The SMILES string of the molecule is CN=C(NCCCOC1CCOC1)NCCCN(C(C)C)C(C)C. The van der Waals surface area contributed by atoms with Crippen LogP contribution in [-0.2, 0) is 9.47 Å². The van der Waals surface area contributed by atoms with E-state index in [1.165, 1.54) is 0 Å². The Kier molecular flexibility index (Phi) is 11.0. The van der Waals surface area contributed by atoms with Gasteiger partial charge in [0, 0.05) is 52.0 Å². The van der Waals surface area contributed by atoms with Gasteiger partial charge in [0.05, 0.1) is 12.7 Å². The maximum atomic E-state index is 5.76. The van der Waals surface area contributed by atoms with Gasteiger partial charge in [-0.15, -0.1) is 0 Å². The lowest BCUT2D eigenvalue weighted by Gasteiger charge is -2.30. The number of hydrogen-bond acceptors (Lipinski definition) is 4. The molecule has 1 fully saturated rings. The van der Waals surface area contributed by atoms with Gasteiger partial charge in [-0.3, -0.25) is 9.89 Å². The van der Waals surface area contributed by atoms with Crippen molar-refractivity contribution in [3.05, 3.63) is 0 Å². The van der Waals surface area contributed by atoms with Crippen molar-refractivity contribution in [1.82, 2.24) is 15.5 Å². The van der Waals surface area contributed by atoms with Gasteiger partial charge >= 0.3 is 0 Å². The predicted molar refractivity (Wildman–Crippen MR) is 101 cm³/mol. The fourth-order valence-electron chi connectivity index (χ4n) is 2.98. The Bertz CT molecular complexity index is 334. The van der Waals surface area contributed by atoms with Crippen molar-refractivity contribution < 1.29 is 9.47 Å². The lowest BCUT2D eigenvalue weighted by atomic mass is 10.2. The maximum Gasteiger partial charge on any atom is 0.190 e. The standard InChI is InChI=1S/C18H38N4O2/c1-15(2)22(16(3)4)11-6-9-20-18(19-5)21-10-7-12-24-17-8-13-23-14-17/h15-17H,6-14H2,1-5H3,(H2,19,20,21). The van der Waals surface area contributed by atoms with Crippen LogP contribution in [0.3, 0.4) is 0 Å². The second kappa shape index (κ2) is 12.5. The summed E-state index contributed by atoms with van der Waals surface area (Å²) in [6.45, 7) is 14.3. The topological polar surface area (TPSA) is 58.1 Å². The molecule has 6 heteroatoms. The highest BCUT2D eigenvalue weighted by Gasteiger charge is 2.15. The van der Waals surface area contributed by atoms with Crippen LogP contribution >= 0.6 is 0 Å². The summed E-state index contributed by atoms with van der Waals surface area (Å²) in [7, 11) is 1.82. The Morgan fingerprint density at radius 2 is 1.83 bits per heavy atom. The van der Waals surface area contributed by atoms with E-state index in [1.54, 1.807) is 0 Å². The number of nitrogens with zero attached hydrogens (tertiary/aromatic N) is 2. The fraction of sp³-hybridized carbons (Fsp3) is 0.944. The third-order valence-electron chi connectivity index (χ3n) is 4.29. The van der Waals surface area contributed by atoms with Crippen molar-refractivity contribution in [3.63, 3.8) is 0 Å². The first kappa shape index (κ1) is 21.2. The fourth-order valence-corrected chi connectivity index (χ4v) is 2.98. The van der Waals surface area contributed by atoms with Gasteiger partial charge in [-0.05, 0) is 47.0 Å². The lowest BCUT2D eigenvalue weighted by Crippen LogP contribution is -2.41. The number of aliphatic imine (C=N–C) groups is 1. The van der Waals surface area contributed by atoms with Gasteiger partial charge in [-0.25, -0.2) is 0 Å². The molecule has 1 rings (SSSR count). The van der Waals surface area contributed by atoms with Crippen LogP contribution in [0, 0.1) is 0 Å². The Morgan fingerprint density at radius 3 is 2.38 bits per heavy atom. The molecule has 0 aromatic heterocycles. The van der Waals surface area contributed by atoms with Crippen LogP contribution in [0.25, 0.3) is 0 Å². The van der Waals surface area contributed by atoms with Crippen LogP contribution in [0.4, 0.5) is 0 Å². The number of rotatable bonds is 11. The summed E-state index contributed by atoms with van der Waals surface area (Å²) in [6, 6.07) is 1.18. The van der Waals surface area contributed by atoms with Crippen molar-refractivity contribution in [2.75, 3.05) is 46.5 Å². The number of hydrogen-bond donors (Lipinski definition) is 2. The zero-order valence-corrected chi connectivity index (χ0v) is 16.3. The minimum absolute atomic E-state index is 0.298. The van der Waals surface area contributed by atoms with Gasteiger partial charge < -0.3 is 20.1 Å². The number of ether oxygens (including phenoxy) is 2. The Balaban J connectivity index is 2.05. The molecule has 0 aliphatic carbocycles. The van der Waals surface area contributed by atoms with Crippen molar-refractivity contribution in [3.8, 4) is 0 Å². The predicted octanol–water partition coefficient (Wildman–Crippen LogP) is 1.86. The summed E-state index contributed by atoms with van der Waals surface area (Å²) in [5.74, 6) is 0.875. The molecule has 0 bridgehead atoms. The molecule has 0 radical (unpaired) electrons. The summed E-state index contributed by atoms with van der Waals surface area (Å²) in [6.07, 6.45) is 3.42. The summed E-state index contributed by atoms with van der Waals surface area (Å²) in [4.78, 5) is 6.79. The number of nitrogens with one attached hydrogen (secondary N) is 2. The van der Waals surface area contributed by atoms with Gasteiger partial charge in [0.25, 0.3) is 0 Å². The minimum atomic E-state index is 0.298. The van der Waals surface area contributed by atoms with E-state index in [0.717, 1.165) is 64.7 Å². The molecule has 0 saturated carbocycles. The molecule has 1 saturated heterocycles. The molecular formula is C18H38N4O2. The van der Waals surface area contributed by atoms with E-state index in [-0.39, 0.29) is 0 Å². The smallest absolute Gasteiger partial charge is 0.190 e. The third-order valence-corrected chi connectivity index (χ3v) is 4.29. The second-order valence-corrected chi connectivity index (χ2v) is 6.91. The monoisotopic (exact) mass is 342 g/mol. The van der Waals surface area contributed by atoms with Crippen molar-refractivity contribution in [2.24, 2.45) is 4.99 Å². The molecule has 142 valence electrons. The van der Waals surface area contributed by atoms with Crippen molar-refractivity contribution >= 4 is 5.96 Å². The van der Waals surface area contributed by atoms with Gasteiger partial charge in [0.2, 0.25) is 0 Å². The van der Waals surface area contributed by atoms with E-state index in [9.17, 15) is 0 Å². The first-order valence-corrected chi connectivity index (χ1v) is 9.44. The van der Waals surface area contributed by atoms with Crippen LogP contribution in [0.5, 0.6) is 0 Å². The van der Waals surface area contributed by atoms with Crippen LogP contribution in [-0.4, -0.2) is 75.5 Å². The molecule has 24 heavy (non-hydrogen) atoms. The highest BCUT2D eigenvalue weighted by molar-refractivity contribution is 5.79. The lowest BCUT2D eigenvalue weighted by molar-refractivity contribution is 0.0420. The molecule has 1 aliphatic heterocycles. The third kappa shape index (κ3) is 8.85. The summed E-state index contributed by atoms with van der Waals surface area (Å²) >= 11 is 0. The molecule has 0 amide bonds. The van der Waals surface area contributed by atoms with E-state index in [0.29, 0.717) is 18.2 Å². The highest BCUT2D eigenvalue weighted by Crippen LogP contribution is 2.08. The van der Waals surface area contributed by atoms with Crippen LogP contribution in [0.15, 0.2) is 4.99 Å². The van der Waals surface area contributed by atoms with E-state index in [4.69, 9.17) is 9.47 Å². The van der Waals surface area contributed by atoms with Gasteiger partial charge in [0.1, 0.15) is 0 Å². The molecule has 2 N–H and O–H groups in total.